The van der Waals surface area contributed by atoms with Gasteiger partial charge in [0.15, 0.2) is 0 Å². The summed E-state index contributed by atoms with van der Waals surface area (Å²) in [6, 6.07) is 9.83. The zero-order valence-electron chi connectivity index (χ0n) is 12.4. The third kappa shape index (κ3) is 6.25. The van der Waals surface area contributed by atoms with Crippen LogP contribution in [0.4, 0.5) is 4.79 Å². The fourth-order valence-electron chi connectivity index (χ4n) is 1.73. The Labute approximate surface area is 115 Å². The zero-order valence-corrected chi connectivity index (χ0v) is 12.4. The molecule has 1 amide bonds. The largest absolute Gasteiger partial charge is 0.444 e. The van der Waals surface area contributed by atoms with Crippen LogP contribution in [0.1, 0.15) is 32.4 Å². The first-order chi connectivity index (χ1) is 8.78. The van der Waals surface area contributed by atoms with Gasteiger partial charge in [0.25, 0.3) is 0 Å². The lowest BCUT2D eigenvalue weighted by Gasteiger charge is -2.25. The summed E-state index contributed by atoms with van der Waals surface area (Å²) in [5.74, 6) is 0. The number of amides is 1. The highest BCUT2D eigenvalue weighted by molar-refractivity contribution is 5.68. The van der Waals surface area contributed by atoms with E-state index in [-0.39, 0.29) is 12.1 Å². The van der Waals surface area contributed by atoms with Gasteiger partial charge in [-0.25, -0.2) is 4.79 Å². The Morgan fingerprint density at radius 1 is 1.26 bits per heavy atom. The first kappa shape index (κ1) is 15.5. The minimum atomic E-state index is -0.483. The van der Waals surface area contributed by atoms with E-state index < -0.39 is 5.60 Å². The van der Waals surface area contributed by atoms with Crippen molar-refractivity contribution < 1.29 is 9.53 Å². The molecule has 0 radical (unpaired) electrons. The first-order valence-corrected chi connectivity index (χ1v) is 6.47. The number of rotatable bonds is 4. The first-order valence-electron chi connectivity index (χ1n) is 6.47. The van der Waals surface area contributed by atoms with Crippen LogP contribution in [0, 0.1) is 0 Å². The van der Waals surface area contributed by atoms with Crippen molar-refractivity contribution in [3.8, 4) is 0 Å². The lowest BCUT2D eigenvalue weighted by Crippen LogP contribution is -2.38. The molecule has 0 aliphatic heterocycles. The predicted molar refractivity (Wildman–Crippen MR) is 77.1 cm³/mol. The molecular weight excluding hydrogens is 240 g/mol. The number of carbonyl (C=O) groups excluding carboxylic acids is 1. The number of nitrogens with zero attached hydrogens (tertiary/aromatic N) is 1. The van der Waals surface area contributed by atoms with Gasteiger partial charge >= 0.3 is 6.09 Å². The highest BCUT2D eigenvalue weighted by Gasteiger charge is 2.20. The average Bonchev–Trinajstić information content (AvgIpc) is 2.26. The van der Waals surface area contributed by atoms with Gasteiger partial charge in [-0.15, -0.1) is 0 Å². The van der Waals surface area contributed by atoms with Crippen molar-refractivity contribution in [3.05, 3.63) is 35.9 Å². The molecule has 0 spiro atoms. The summed E-state index contributed by atoms with van der Waals surface area (Å²) in [6.07, 6.45) is -0.386. The summed E-state index contributed by atoms with van der Waals surface area (Å²) in [7, 11) is 3.96. The summed E-state index contributed by atoms with van der Waals surface area (Å²) < 4.78 is 5.30. The van der Waals surface area contributed by atoms with Crippen LogP contribution in [0.5, 0.6) is 0 Å². The van der Waals surface area contributed by atoms with Gasteiger partial charge in [0.2, 0.25) is 0 Å². The molecule has 0 fully saturated rings. The van der Waals surface area contributed by atoms with Gasteiger partial charge in [0.05, 0.1) is 6.04 Å². The molecule has 4 heteroatoms. The SMILES string of the molecule is CN(C)CC(NC(=O)OC(C)(C)C)c1ccccc1. The summed E-state index contributed by atoms with van der Waals surface area (Å²) in [5.41, 5.74) is 0.589. The van der Waals surface area contributed by atoms with Crippen molar-refractivity contribution >= 4 is 6.09 Å². The molecular formula is C15H24N2O2. The molecule has 0 saturated carbocycles. The number of nitrogens with one attached hydrogen (secondary N) is 1. The van der Waals surface area contributed by atoms with Crippen molar-refractivity contribution in [2.45, 2.75) is 32.4 Å². The van der Waals surface area contributed by atoms with Crippen molar-refractivity contribution in [2.24, 2.45) is 0 Å². The second kappa shape index (κ2) is 6.57. The Morgan fingerprint density at radius 2 is 1.84 bits per heavy atom. The van der Waals surface area contributed by atoms with Crippen molar-refractivity contribution in [1.29, 1.82) is 0 Å². The maximum atomic E-state index is 11.9. The van der Waals surface area contributed by atoms with Gasteiger partial charge in [-0.1, -0.05) is 30.3 Å². The monoisotopic (exact) mass is 264 g/mol. The fourth-order valence-corrected chi connectivity index (χ4v) is 1.73. The quantitative estimate of drug-likeness (QED) is 0.909. The standard InChI is InChI=1S/C15H24N2O2/c1-15(2,3)19-14(18)16-13(11-17(4)5)12-9-7-6-8-10-12/h6-10,13H,11H2,1-5H3,(H,16,18). The molecule has 19 heavy (non-hydrogen) atoms. The zero-order chi connectivity index (χ0) is 14.5. The number of benzene rings is 1. The predicted octanol–water partition coefficient (Wildman–Crippen LogP) is 2.81. The van der Waals surface area contributed by atoms with Crippen LogP contribution in [-0.4, -0.2) is 37.2 Å². The average molecular weight is 264 g/mol. The molecule has 1 N–H and O–H groups in total. The molecule has 1 unspecified atom stereocenters. The Balaban J connectivity index is 2.73. The molecule has 1 atom stereocenters. The molecule has 0 saturated heterocycles. The normalized spacial score (nSPS) is 13.2. The van der Waals surface area contributed by atoms with E-state index >= 15 is 0 Å². The minimum Gasteiger partial charge on any atom is -0.444 e. The lowest BCUT2D eigenvalue weighted by molar-refractivity contribution is 0.0496. The molecule has 0 aliphatic rings. The molecule has 0 bridgehead atoms. The maximum absolute atomic E-state index is 11.9. The van der Waals surface area contributed by atoms with E-state index in [1.807, 2.05) is 70.1 Å². The van der Waals surface area contributed by atoms with Crippen LogP contribution >= 0.6 is 0 Å². The van der Waals surface area contributed by atoms with E-state index in [1.165, 1.54) is 0 Å². The molecule has 1 aromatic carbocycles. The Morgan fingerprint density at radius 3 is 2.32 bits per heavy atom. The van der Waals surface area contributed by atoms with E-state index in [2.05, 4.69) is 5.32 Å². The molecule has 1 rings (SSSR count). The van der Waals surface area contributed by atoms with E-state index in [9.17, 15) is 4.79 Å². The Bertz CT molecular complexity index is 396. The van der Waals surface area contributed by atoms with Gasteiger partial charge in [0.1, 0.15) is 5.60 Å². The van der Waals surface area contributed by atoms with Crippen LogP contribution in [-0.2, 0) is 4.74 Å². The number of carbonyl (C=O) groups is 1. The summed E-state index contributed by atoms with van der Waals surface area (Å²) >= 11 is 0. The second-order valence-corrected chi connectivity index (χ2v) is 5.87. The molecule has 0 aromatic heterocycles. The van der Waals surface area contributed by atoms with Crippen LogP contribution in [0.3, 0.4) is 0 Å². The van der Waals surface area contributed by atoms with Crippen LogP contribution in [0.15, 0.2) is 30.3 Å². The molecule has 0 heterocycles. The Hall–Kier alpha value is -1.55. The number of hydrogen-bond donors (Lipinski definition) is 1. The van der Waals surface area contributed by atoms with Crippen molar-refractivity contribution in [3.63, 3.8) is 0 Å². The van der Waals surface area contributed by atoms with Crippen molar-refractivity contribution in [1.82, 2.24) is 10.2 Å². The number of hydrogen-bond acceptors (Lipinski definition) is 3. The van der Waals surface area contributed by atoms with Crippen LogP contribution in [0.2, 0.25) is 0 Å². The summed E-state index contributed by atoms with van der Waals surface area (Å²) in [6.45, 7) is 6.30. The van der Waals surface area contributed by atoms with Gasteiger partial charge in [0, 0.05) is 6.54 Å². The number of ether oxygens (including phenoxy) is 1. The van der Waals surface area contributed by atoms with Gasteiger partial charge < -0.3 is 15.0 Å². The van der Waals surface area contributed by atoms with E-state index in [1.54, 1.807) is 0 Å². The second-order valence-electron chi connectivity index (χ2n) is 5.87. The highest BCUT2D eigenvalue weighted by atomic mass is 16.6. The van der Waals surface area contributed by atoms with Gasteiger partial charge in [-0.2, -0.15) is 0 Å². The third-order valence-corrected chi connectivity index (χ3v) is 2.44. The van der Waals surface area contributed by atoms with Crippen molar-refractivity contribution in [2.75, 3.05) is 20.6 Å². The van der Waals surface area contributed by atoms with Gasteiger partial charge in [-0.05, 0) is 40.4 Å². The van der Waals surface area contributed by atoms with E-state index in [0.29, 0.717) is 0 Å². The van der Waals surface area contributed by atoms with E-state index in [0.717, 1.165) is 12.1 Å². The highest BCUT2D eigenvalue weighted by Crippen LogP contribution is 2.15. The third-order valence-electron chi connectivity index (χ3n) is 2.44. The smallest absolute Gasteiger partial charge is 0.408 e. The molecule has 1 aromatic rings. The molecule has 4 nitrogen and oxygen atoms in total. The number of likely N-dealkylation sites (N-methyl/N-ethyl adjacent to an activating group) is 1. The fraction of sp³-hybridized carbons (Fsp3) is 0.533. The summed E-state index contributed by atoms with van der Waals surface area (Å²) in [4.78, 5) is 13.9. The van der Waals surface area contributed by atoms with E-state index in [4.69, 9.17) is 4.74 Å². The maximum Gasteiger partial charge on any atom is 0.408 e. The van der Waals surface area contributed by atoms with Crippen LogP contribution < -0.4 is 5.32 Å². The molecule has 0 aliphatic carbocycles. The van der Waals surface area contributed by atoms with Crippen LogP contribution in [0.25, 0.3) is 0 Å². The molecule has 106 valence electrons. The number of alkyl carbamates (subject to hydrolysis) is 1. The topological polar surface area (TPSA) is 41.6 Å². The lowest BCUT2D eigenvalue weighted by atomic mass is 10.1. The van der Waals surface area contributed by atoms with Gasteiger partial charge in [-0.3, -0.25) is 0 Å². The summed E-state index contributed by atoms with van der Waals surface area (Å²) in [5, 5.41) is 2.92. The Kier molecular flexibility index (Phi) is 5.36. The minimum absolute atomic E-state index is 0.0777.